The van der Waals surface area contributed by atoms with Crippen LogP contribution in [0.15, 0.2) is 52.5 Å². The monoisotopic (exact) mass is 284 g/mol. The van der Waals surface area contributed by atoms with Crippen molar-refractivity contribution in [1.29, 1.82) is 0 Å². The number of amides is 1. The SMILES string of the molecule is O=C(NCC1=NC2N=CC=CC2N1)OCc1ccccc1. The number of amidine groups is 1. The molecule has 6 nitrogen and oxygen atoms in total. The van der Waals surface area contributed by atoms with Crippen LogP contribution in [0.1, 0.15) is 5.56 Å². The van der Waals surface area contributed by atoms with E-state index in [1.54, 1.807) is 6.21 Å². The van der Waals surface area contributed by atoms with Crippen LogP contribution in [0.2, 0.25) is 0 Å². The van der Waals surface area contributed by atoms with Crippen molar-refractivity contribution in [3.05, 3.63) is 48.0 Å². The number of carbonyl (C=O) groups excluding carboxylic acids is 1. The molecule has 0 aliphatic carbocycles. The second-order valence-corrected chi connectivity index (χ2v) is 4.76. The highest BCUT2D eigenvalue weighted by atomic mass is 16.5. The summed E-state index contributed by atoms with van der Waals surface area (Å²) in [4.78, 5) is 20.3. The maximum absolute atomic E-state index is 11.6. The van der Waals surface area contributed by atoms with Crippen LogP contribution >= 0.6 is 0 Å². The van der Waals surface area contributed by atoms with E-state index in [-0.39, 0.29) is 18.8 Å². The molecule has 2 heterocycles. The minimum atomic E-state index is -0.461. The molecule has 2 atom stereocenters. The number of alkyl carbamates (subject to hydrolysis) is 1. The van der Waals surface area contributed by atoms with Crippen LogP contribution in [0.5, 0.6) is 0 Å². The number of rotatable bonds is 4. The van der Waals surface area contributed by atoms with Gasteiger partial charge in [0.25, 0.3) is 0 Å². The molecule has 2 N–H and O–H groups in total. The van der Waals surface area contributed by atoms with Gasteiger partial charge in [-0.2, -0.15) is 0 Å². The molecule has 1 aromatic rings. The molecule has 1 aromatic carbocycles. The quantitative estimate of drug-likeness (QED) is 0.873. The van der Waals surface area contributed by atoms with Gasteiger partial charge in [0, 0.05) is 6.21 Å². The highest BCUT2D eigenvalue weighted by Crippen LogP contribution is 2.12. The predicted molar refractivity (Wildman–Crippen MR) is 80.4 cm³/mol. The van der Waals surface area contributed by atoms with Crippen LogP contribution in [0.4, 0.5) is 4.79 Å². The summed E-state index contributed by atoms with van der Waals surface area (Å²) in [6.45, 7) is 0.564. The van der Waals surface area contributed by atoms with E-state index in [2.05, 4.69) is 20.6 Å². The van der Waals surface area contributed by atoms with Gasteiger partial charge in [0.2, 0.25) is 0 Å². The molecular weight excluding hydrogens is 268 g/mol. The van der Waals surface area contributed by atoms with Crippen LogP contribution in [0, 0.1) is 0 Å². The van der Waals surface area contributed by atoms with Crippen LogP contribution in [0.25, 0.3) is 0 Å². The molecule has 0 radical (unpaired) electrons. The molecule has 0 bridgehead atoms. The molecule has 2 unspecified atom stereocenters. The first-order chi connectivity index (χ1) is 10.3. The van der Waals surface area contributed by atoms with Crippen LogP contribution in [0.3, 0.4) is 0 Å². The van der Waals surface area contributed by atoms with Crippen molar-refractivity contribution in [2.75, 3.05) is 6.54 Å². The van der Waals surface area contributed by atoms with Gasteiger partial charge in [-0.1, -0.05) is 36.4 Å². The Morgan fingerprint density at radius 1 is 1.33 bits per heavy atom. The zero-order valence-electron chi connectivity index (χ0n) is 11.4. The summed E-state index contributed by atoms with van der Waals surface area (Å²) < 4.78 is 5.13. The zero-order valence-corrected chi connectivity index (χ0v) is 11.4. The third-order valence-corrected chi connectivity index (χ3v) is 3.20. The molecule has 0 saturated carbocycles. The van der Waals surface area contributed by atoms with Crippen LogP contribution < -0.4 is 10.6 Å². The van der Waals surface area contributed by atoms with Gasteiger partial charge in [-0.25, -0.2) is 9.79 Å². The maximum atomic E-state index is 11.6. The molecule has 6 heteroatoms. The van der Waals surface area contributed by atoms with E-state index >= 15 is 0 Å². The first-order valence-electron chi connectivity index (χ1n) is 6.79. The number of hydrogen-bond donors (Lipinski definition) is 2. The number of fused-ring (bicyclic) bond motifs is 1. The largest absolute Gasteiger partial charge is 0.445 e. The number of nitrogens with one attached hydrogen (secondary N) is 2. The molecule has 0 aromatic heterocycles. The summed E-state index contributed by atoms with van der Waals surface area (Å²) in [5.41, 5.74) is 0.953. The molecule has 0 spiro atoms. The summed E-state index contributed by atoms with van der Waals surface area (Å²) in [5.74, 6) is 0.713. The number of dihydropyridines is 1. The number of allylic oxidation sites excluding steroid dienone is 1. The molecule has 2 aliphatic rings. The highest BCUT2D eigenvalue weighted by molar-refractivity contribution is 5.89. The van der Waals surface area contributed by atoms with Gasteiger partial charge >= 0.3 is 6.09 Å². The topological polar surface area (TPSA) is 75.1 Å². The number of hydrogen-bond acceptors (Lipinski definition) is 5. The lowest BCUT2D eigenvalue weighted by molar-refractivity contribution is 0.141. The Balaban J connectivity index is 1.42. The van der Waals surface area contributed by atoms with Gasteiger partial charge < -0.3 is 15.4 Å². The number of ether oxygens (including phenoxy) is 1. The van der Waals surface area contributed by atoms with Crippen molar-refractivity contribution >= 4 is 18.1 Å². The molecule has 0 fully saturated rings. The van der Waals surface area contributed by atoms with Gasteiger partial charge in [-0.3, -0.25) is 4.99 Å². The standard InChI is InChI=1S/C15H16N4O2/c20-15(21-10-11-5-2-1-3-6-11)17-9-13-18-12-7-4-8-16-14(12)19-13/h1-8,12,14H,9-10H2,(H,17,20)(H,18,19). The van der Waals surface area contributed by atoms with Gasteiger partial charge in [0.05, 0.1) is 12.6 Å². The second kappa shape index (κ2) is 6.21. The summed E-state index contributed by atoms with van der Waals surface area (Å²) >= 11 is 0. The van der Waals surface area contributed by atoms with Gasteiger partial charge in [-0.05, 0) is 11.6 Å². The predicted octanol–water partition coefficient (Wildman–Crippen LogP) is 1.25. The van der Waals surface area contributed by atoms with Crippen molar-refractivity contribution in [1.82, 2.24) is 10.6 Å². The Morgan fingerprint density at radius 3 is 3.00 bits per heavy atom. The van der Waals surface area contributed by atoms with Crippen molar-refractivity contribution in [3.8, 4) is 0 Å². The molecule has 3 rings (SSSR count). The van der Waals surface area contributed by atoms with Gasteiger partial charge in [0.1, 0.15) is 12.4 Å². The summed E-state index contributed by atoms with van der Waals surface area (Å²) in [6, 6.07) is 9.64. The second-order valence-electron chi connectivity index (χ2n) is 4.76. The molecule has 1 amide bonds. The lowest BCUT2D eigenvalue weighted by Crippen LogP contribution is -2.39. The first kappa shape index (κ1) is 13.4. The number of aliphatic imine (C=N–C) groups is 2. The fraction of sp³-hybridized carbons (Fsp3) is 0.267. The van der Waals surface area contributed by atoms with E-state index in [9.17, 15) is 4.79 Å². The van der Waals surface area contributed by atoms with E-state index in [1.165, 1.54) is 0 Å². The minimum Gasteiger partial charge on any atom is -0.445 e. The summed E-state index contributed by atoms with van der Waals surface area (Å²) in [7, 11) is 0. The average molecular weight is 284 g/mol. The highest BCUT2D eigenvalue weighted by Gasteiger charge is 2.26. The fourth-order valence-electron chi connectivity index (χ4n) is 2.15. The van der Waals surface area contributed by atoms with Crippen molar-refractivity contribution in [2.24, 2.45) is 9.98 Å². The van der Waals surface area contributed by atoms with Crippen LogP contribution in [-0.2, 0) is 11.3 Å². The van der Waals surface area contributed by atoms with Crippen molar-refractivity contribution < 1.29 is 9.53 Å². The van der Waals surface area contributed by atoms with Crippen LogP contribution in [-0.4, -0.2) is 36.9 Å². The molecule has 21 heavy (non-hydrogen) atoms. The van der Waals surface area contributed by atoms with E-state index in [0.29, 0.717) is 12.4 Å². The minimum absolute atomic E-state index is 0.0899. The Bertz CT molecular complexity index is 595. The smallest absolute Gasteiger partial charge is 0.407 e. The fourth-order valence-corrected chi connectivity index (χ4v) is 2.15. The average Bonchev–Trinajstić information content (AvgIpc) is 2.95. The normalized spacial score (nSPS) is 22.2. The lowest BCUT2D eigenvalue weighted by atomic mass is 10.2. The third-order valence-electron chi connectivity index (χ3n) is 3.20. The number of carbonyl (C=O) groups is 1. The molecule has 0 saturated heterocycles. The Morgan fingerprint density at radius 2 is 2.19 bits per heavy atom. The zero-order chi connectivity index (χ0) is 14.5. The Kier molecular flexibility index (Phi) is 3.95. The maximum Gasteiger partial charge on any atom is 0.407 e. The van der Waals surface area contributed by atoms with E-state index in [4.69, 9.17) is 4.74 Å². The number of benzene rings is 1. The molecule has 2 aliphatic heterocycles. The van der Waals surface area contributed by atoms with E-state index in [1.807, 2.05) is 42.5 Å². The van der Waals surface area contributed by atoms with Gasteiger partial charge in [-0.15, -0.1) is 0 Å². The summed E-state index contributed by atoms with van der Waals surface area (Å²) in [6.07, 6.45) is 5.04. The number of nitrogens with zero attached hydrogens (tertiary/aromatic N) is 2. The molecular formula is C15H16N4O2. The lowest BCUT2D eigenvalue weighted by Gasteiger charge is -2.13. The van der Waals surface area contributed by atoms with Gasteiger partial charge in [0.15, 0.2) is 6.17 Å². The van der Waals surface area contributed by atoms with Crippen molar-refractivity contribution in [3.63, 3.8) is 0 Å². The molecule has 108 valence electrons. The third kappa shape index (κ3) is 3.47. The Labute approximate surface area is 122 Å². The van der Waals surface area contributed by atoms with E-state index < -0.39 is 6.09 Å². The van der Waals surface area contributed by atoms with E-state index in [0.717, 1.165) is 5.56 Å². The Hall–Kier alpha value is -2.63. The summed E-state index contributed by atoms with van der Waals surface area (Å²) in [5, 5.41) is 5.88. The van der Waals surface area contributed by atoms with Crippen molar-refractivity contribution in [2.45, 2.75) is 18.8 Å². The first-order valence-corrected chi connectivity index (χ1v) is 6.79.